The van der Waals surface area contributed by atoms with Crippen molar-refractivity contribution in [1.29, 1.82) is 0 Å². The van der Waals surface area contributed by atoms with Gasteiger partial charge in [0.2, 0.25) is 0 Å². The van der Waals surface area contributed by atoms with Crippen molar-refractivity contribution < 1.29 is 0 Å². The second kappa shape index (κ2) is 8.12. The van der Waals surface area contributed by atoms with Gasteiger partial charge in [0, 0.05) is 26.1 Å². The Labute approximate surface area is 195 Å². The van der Waals surface area contributed by atoms with Crippen LogP contribution in [-0.2, 0) is 19.9 Å². The van der Waals surface area contributed by atoms with E-state index in [-0.39, 0.29) is 5.56 Å². The number of H-pyrrole nitrogens is 1. The molecule has 0 aliphatic carbocycles. The molecule has 1 aromatic heterocycles. The molecule has 0 saturated heterocycles. The van der Waals surface area contributed by atoms with E-state index in [1.807, 2.05) is 80.0 Å². The molecular weight excluding hydrogens is 424 g/mol. The summed E-state index contributed by atoms with van der Waals surface area (Å²) in [5, 5.41) is 8.26. The van der Waals surface area contributed by atoms with Crippen LogP contribution in [0.2, 0.25) is 0 Å². The molecule has 0 amide bonds. The maximum Gasteiger partial charge on any atom is 0.278 e. The number of aryl methyl sites for hydroxylation is 1. The van der Waals surface area contributed by atoms with Crippen LogP contribution < -0.4 is 5.56 Å². The van der Waals surface area contributed by atoms with Gasteiger partial charge in [0.1, 0.15) is 11.2 Å². The van der Waals surface area contributed by atoms with E-state index < -0.39 is 0 Å². The molecule has 0 saturated carbocycles. The van der Waals surface area contributed by atoms with Crippen molar-refractivity contribution in [3.8, 4) is 17.1 Å². The zero-order valence-electron chi connectivity index (χ0n) is 18.6. The minimum absolute atomic E-state index is 0.102. The Morgan fingerprint density at radius 1 is 0.882 bits per heavy atom. The van der Waals surface area contributed by atoms with E-state index in [1.54, 1.807) is 9.25 Å². The van der Waals surface area contributed by atoms with E-state index in [0.29, 0.717) is 24.4 Å². The van der Waals surface area contributed by atoms with Crippen molar-refractivity contribution in [1.82, 2.24) is 29.5 Å². The molecule has 2 aliphatic heterocycles. The smallest absolute Gasteiger partial charge is 0.278 e. The molecule has 6 rings (SSSR count). The normalized spacial score (nSPS) is 11.4. The molecule has 1 N–H and O–H groups in total. The van der Waals surface area contributed by atoms with E-state index >= 15 is 0 Å². The van der Waals surface area contributed by atoms with Crippen LogP contribution in [0.15, 0.2) is 89.9 Å². The fourth-order valence-electron chi connectivity index (χ4n) is 4.37. The number of fused-ring (bicyclic) bond motifs is 2. The summed E-state index contributed by atoms with van der Waals surface area (Å²) >= 11 is 0. The summed E-state index contributed by atoms with van der Waals surface area (Å²) in [4.78, 5) is 21.8. The Kier molecular flexibility index (Phi) is 4.80. The second-order valence-corrected chi connectivity index (χ2v) is 8.44. The van der Waals surface area contributed by atoms with Crippen molar-refractivity contribution in [2.45, 2.75) is 12.8 Å². The molecule has 2 aliphatic rings. The fourth-order valence-corrected chi connectivity index (χ4v) is 4.37. The van der Waals surface area contributed by atoms with Crippen LogP contribution in [0.5, 0.6) is 0 Å². The number of aromatic nitrogens is 6. The highest BCUT2D eigenvalue weighted by Crippen LogP contribution is 2.24. The first-order valence-electron chi connectivity index (χ1n) is 11.2. The van der Waals surface area contributed by atoms with Crippen molar-refractivity contribution >= 4 is 11.0 Å². The third-order valence-corrected chi connectivity index (χ3v) is 6.10. The van der Waals surface area contributed by atoms with Crippen LogP contribution in [0.25, 0.3) is 28.1 Å². The Balaban J connectivity index is 1.47. The van der Waals surface area contributed by atoms with Gasteiger partial charge in [-0.2, -0.15) is 0 Å². The molecule has 0 fully saturated rings. The van der Waals surface area contributed by atoms with Crippen molar-refractivity contribution in [3.05, 3.63) is 118 Å². The Bertz CT molecular complexity index is 1630. The van der Waals surface area contributed by atoms with Gasteiger partial charge in [0.25, 0.3) is 5.56 Å². The van der Waals surface area contributed by atoms with Gasteiger partial charge in [-0.1, -0.05) is 71.9 Å². The summed E-state index contributed by atoms with van der Waals surface area (Å²) in [6.07, 6.45) is 2.93. The fraction of sp³-hybridized carbons (Fsp3) is 0.111. The largest absolute Gasteiger partial charge is 0.354 e. The summed E-state index contributed by atoms with van der Waals surface area (Å²) in [5.74, 6) is 0.657. The maximum atomic E-state index is 13.4. The number of hydrogen-bond acceptors (Lipinski definition) is 4. The van der Waals surface area contributed by atoms with Crippen LogP contribution in [0.1, 0.15) is 22.5 Å². The van der Waals surface area contributed by atoms with E-state index in [0.717, 1.165) is 39.1 Å². The Morgan fingerprint density at radius 3 is 2.44 bits per heavy atom. The average Bonchev–Trinajstić information content (AvgIpc) is 3.40. The Morgan fingerprint density at radius 2 is 1.65 bits per heavy atom. The van der Waals surface area contributed by atoms with Gasteiger partial charge < -0.3 is 4.98 Å². The SMILES string of the molecule is Cn1nnc2cc(Cc3nc4c(Cc5ccccc5)[nH]c(-c5ccccc5)cn-4c3=O)ccc21. The lowest BCUT2D eigenvalue weighted by Gasteiger charge is -2.13. The van der Waals surface area contributed by atoms with Gasteiger partial charge >= 0.3 is 0 Å². The first kappa shape index (κ1) is 20.1. The lowest BCUT2D eigenvalue weighted by Crippen LogP contribution is -2.17. The number of nitrogens with one attached hydrogen (secondary N) is 1. The van der Waals surface area contributed by atoms with Gasteiger partial charge in [0.15, 0.2) is 5.82 Å². The summed E-state index contributed by atoms with van der Waals surface area (Å²) in [7, 11) is 1.86. The van der Waals surface area contributed by atoms with Crippen LogP contribution in [0.3, 0.4) is 0 Å². The quantitative estimate of drug-likeness (QED) is 0.432. The molecule has 0 spiro atoms. The third-order valence-electron chi connectivity index (χ3n) is 6.10. The number of hydrogen-bond donors (Lipinski definition) is 1. The summed E-state index contributed by atoms with van der Waals surface area (Å²) < 4.78 is 3.41. The molecule has 166 valence electrons. The van der Waals surface area contributed by atoms with Gasteiger partial charge in [0.05, 0.1) is 16.9 Å². The summed E-state index contributed by atoms with van der Waals surface area (Å²) in [6, 6.07) is 26.2. The molecule has 7 nitrogen and oxygen atoms in total. The van der Waals surface area contributed by atoms with Crippen molar-refractivity contribution in [2.24, 2.45) is 7.05 Å². The zero-order chi connectivity index (χ0) is 23.1. The average molecular weight is 447 g/mol. The number of benzene rings is 3. The van der Waals surface area contributed by atoms with E-state index in [2.05, 4.69) is 27.4 Å². The number of nitrogens with zero attached hydrogens (tertiary/aromatic N) is 5. The van der Waals surface area contributed by atoms with Crippen molar-refractivity contribution in [3.63, 3.8) is 0 Å². The summed E-state index contributed by atoms with van der Waals surface area (Å²) in [5.41, 5.74) is 7.09. The number of imidazole rings is 1. The molecule has 0 unspecified atom stereocenters. The molecule has 0 atom stereocenters. The highest BCUT2D eigenvalue weighted by molar-refractivity contribution is 5.75. The van der Waals surface area contributed by atoms with E-state index in [9.17, 15) is 4.79 Å². The lowest BCUT2D eigenvalue weighted by atomic mass is 10.1. The minimum atomic E-state index is -0.102. The Hall–Kier alpha value is -4.52. The van der Waals surface area contributed by atoms with Gasteiger partial charge in [-0.3, -0.25) is 9.36 Å². The van der Waals surface area contributed by atoms with Crippen LogP contribution in [0.4, 0.5) is 0 Å². The molecule has 3 aromatic carbocycles. The number of rotatable bonds is 5. The molecule has 34 heavy (non-hydrogen) atoms. The van der Waals surface area contributed by atoms with Gasteiger partial charge in [-0.05, 0) is 28.8 Å². The van der Waals surface area contributed by atoms with E-state index in [4.69, 9.17) is 4.98 Å². The standard InChI is InChI=1S/C27H22N6O/c1-32-25-13-12-19(15-21(25)30-31-32)16-23-27(34)33-17-24(20-10-6-3-7-11-20)28-22(26(33)29-23)14-18-8-4-2-5-9-18/h2-13,15,17,28H,14,16H2,1H3. The number of aromatic amines is 1. The molecule has 0 radical (unpaired) electrons. The zero-order valence-corrected chi connectivity index (χ0v) is 18.6. The first-order valence-corrected chi connectivity index (χ1v) is 11.2. The molecular formula is C27H22N6O. The van der Waals surface area contributed by atoms with Gasteiger partial charge in [-0.15, -0.1) is 5.10 Å². The minimum Gasteiger partial charge on any atom is -0.354 e. The van der Waals surface area contributed by atoms with Crippen molar-refractivity contribution in [2.75, 3.05) is 0 Å². The van der Waals surface area contributed by atoms with Crippen LogP contribution in [-0.4, -0.2) is 29.5 Å². The second-order valence-electron chi connectivity index (χ2n) is 8.44. The highest BCUT2D eigenvalue weighted by atomic mass is 16.1. The van der Waals surface area contributed by atoms with Gasteiger partial charge in [-0.25, -0.2) is 9.67 Å². The van der Waals surface area contributed by atoms with Crippen LogP contribution >= 0.6 is 0 Å². The molecule has 4 aromatic rings. The van der Waals surface area contributed by atoms with E-state index in [1.165, 1.54) is 0 Å². The lowest BCUT2D eigenvalue weighted by molar-refractivity contribution is 0.736. The molecule has 3 heterocycles. The third kappa shape index (κ3) is 3.57. The van der Waals surface area contributed by atoms with Crippen LogP contribution in [0, 0.1) is 0 Å². The monoisotopic (exact) mass is 446 g/mol. The first-order chi connectivity index (χ1) is 16.7. The molecule has 0 bridgehead atoms. The maximum absolute atomic E-state index is 13.4. The highest BCUT2D eigenvalue weighted by Gasteiger charge is 2.20. The topological polar surface area (TPSA) is 81.4 Å². The summed E-state index contributed by atoms with van der Waals surface area (Å²) in [6.45, 7) is 0. The predicted molar refractivity (Wildman–Crippen MR) is 131 cm³/mol. The molecule has 7 heteroatoms. The predicted octanol–water partition coefficient (Wildman–Crippen LogP) is 4.13.